The molecule has 1 aromatic heterocycles. The molecule has 10 heteroatoms. The van der Waals surface area contributed by atoms with Crippen LogP contribution in [-0.4, -0.2) is 64.6 Å². The van der Waals surface area contributed by atoms with Gasteiger partial charge in [0.05, 0.1) is 17.5 Å². The van der Waals surface area contributed by atoms with Crippen LogP contribution in [0.4, 0.5) is 0 Å². The first-order valence-corrected chi connectivity index (χ1v) is 9.66. The monoisotopic (exact) mass is 376 g/mol. The molecule has 23 heavy (non-hydrogen) atoms. The summed E-state index contributed by atoms with van der Waals surface area (Å²) in [7, 11) is -0.462. The van der Waals surface area contributed by atoms with E-state index in [4.69, 9.17) is 11.6 Å². The minimum atomic E-state index is -3.39. The highest BCUT2D eigenvalue weighted by atomic mass is 35.5. The number of nitrogens with zero attached hydrogens (tertiary/aromatic N) is 4. The molecule has 0 bridgehead atoms. The van der Waals surface area contributed by atoms with Gasteiger partial charge in [-0.2, -0.15) is 8.75 Å². The van der Waals surface area contributed by atoms with Crippen molar-refractivity contribution in [3.63, 3.8) is 0 Å². The third-order valence-electron chi connectivity index (χ3n) is 3.37. The average Bonchev–Trinajstić information content (AvgIpc) is 2.99. The van der Waals surface area contributed by atoms with Crippen LogP contribution in [0.15, 0.2) is 18.2 Å². The predicted molar refractivity (Wildman–Crippen MR) is 91.0 cm³/mol. The Morgan fingerprint density at radius 1 is 1.30 bits per heavy atom. The van der Waals surface area contributed by atoms with Crippen LogP contribution in [0.1, 0.15) is 5.56 Å². The van der Waals surface area contributed by atoms with Gasteiger partial charge in [-0.05, 0) is 6.07 Å². The van der Waals surface area contributed by atoms with Crippen molar-refractivity contribution in [3.8, 4) is 0 Å². The molecule has 0 atom stereocenters. The second-order valence-corrected chi connectivity index (χ2v) is 8.19. The van der Waals surface area contributed by atoms with E-state index in [-0.39, 0.29) is 30.6 Å². The van der Waals surface area contributed by atoms with Crippen molar-refractivity contribution < 1.29 is 13.2 Å². The van der Waals surface area contributed by atoms with Crippen LogP contribution in [0.5, 0.6) is 0 Å². The fourth-order valence-corrected chi connectivity index (χ4v) is 3.53. The van der Waals surface area contributed by atoms with Crippen molar-refractivity contribution in [2.75, 3.05) is 32.3 Å². The number of rotatable bonds is 7. The number of amides is 1. The van der Waals surface area contributed by atoms with Gasteiger partial charge in [0.2, 0.25) is 15.9 Å². The molecule has 1 amide bonds. The van der Waals surface area contributed by atoms with E-state index in [2.05, 4.69) is 8.75 Å². The molecule has 0 aliphatic heterocycles. The number of hydrogen-bond acceptors (Lipinski definition) is 6. The van der Waals surface area contributed by atoms with Gasteiger partial charge in [-0.25, -0.2) is 12.7 Å². The molecular formula is C13H17ClN4O3S2. The fraction of sp³-hybridized carbons (Fsp3) is 0.462. The fourth-order valence-electron chi connectivity index (χ4n) is 1.98. The van der Waals surface area contributed by atoms with E-state index >= 15 is 0 Å². The smallest absolute Gasteiger partial charge is 0.237 e. The third-order valence-corrected chi connectivity index (χ3v) is 5.96. The van der Waals surface area contributed by atoms with Gasteiger partial charge in [-0.15, -0.1) is 11.6 Å². The lowest BCUT2D eigenvalue weighted by Gasteiger charge is -2.23. The molecule has 2 rings (SSSR count). The number of alkyl halides is 1. The van der Waals surface area contributed by atoms with Crippen molar-refractivity contribution in [1.29, 1.82) is 0 Å². The molecule has 7 nitrogen and oxygen atoms in total. The standard InChI is InChI=1S/C13H17ClN4O3S2/c1-17(2)23(20,21)7-6-18(12(19)8-14)9-10-4-3-5-11-13(10)16-22-15-11/h3-5H,6-9H2,1-2H3. The Morgan fingerprint density at radius 3 is 2.70 bits per heavy atom. The molecule has 0 saturated carbocycles. The second kappa shape index (κ2) is 7.52. The first kappa shape index (κ1) is 18.1. The number of hydrogen-bond donors (Lipinski definition) is 0. The van der Waals surface area contributed by atoms with E-state index in [1.54, 1.807) is 0 Å². The summed E-state index contributed by atoms with van der Waals surface area (Å²) in [5, 5.41) is 0. The van der Waals surface area contributed by atoms with Gasteiger partial charge in [0.1, 0.15) is 16.9 Å². The van der Waals surface area contributed by atoms with Gasteiger partial charge in [-0.3, -0.25) is 4.79 Å². The van der Waals surface area contributed by atoms with Crippen LogP contribution in [0.25, 0.3) is 11.0 Å². The second-order valence-electron chi connectivity index (χ2n) is 5.10. The summed E-state index contributed by atoms with van der Waals surface area (Å²) in [6, 6.07) is 5.52. The first-order chi connectivity index (χ1) is 10.8. The normalized spacial score (nSPS) is 12.0. The summed E-state index contributed by atoms with van der Waals surface area (Å²) in [6.07, 6.45) is 0. The van der Waals surface area contributed by atoms with Crippen LogP contribution >= 0.6 is 23.3 Å². The number of sulfonamides is 1. The summed E-state index contributed by atoms with van der Waals surface area (Å²) >= 11 is 6.74. The molecule has 1 aromatic carbocycles. The van der Waals surface area contributed by atoms with Gasteiger partial charge in [0.15, 0.2) is 0 Å². The molecule has 0 fully saturated rings. The summed E-state index contributed by atoms with van der Waals surface area (Å²) < 4.78 is 33.3. The van der Waals surface area contributed by atoms with E-state index in [1.807, 2.05) is 18.2 Å². The molecule has 0 N–H and O–H groups in total. The number of fused-ring (bicyclic) bond motifs is 1. The zero-order valence-electron chi connectivity index (χ0n) is 12.8. The maximum absolute atomic E-state index is 12.0. The predicted octanol–water partition coefficient (Wildman–Crippen LogP) is 1.15. The molecule has 0 radical (unpaired) electrons. The quantitative estimate of drug-likeness (QED) is 0.677. The summed E-state index contributed by atoms with van der Waals surface area (Å²) in [6.45, 7) is 0.317. The number of carbonyl (C=O) groups excluding carboxylic acids is 1. The van der Waals surface area contributed by atoms with Crippen molar-refractivity contribution in [1.82, 2.24) is 18.0 Å². The Kier molecular flexibility index (Phi) is 5.90. The molecule has 0 aliphatic rings. The molecule has 126 valence electrons. The minimum absolute atomic E-state index is 0.0695. The van der Waals surface area contributed by atoms with Crippen LogP contribution in [-0.2, 0) is 21.4 Å². The van der Waals surface area contributed by atoms with Gasteiger partial charge >= 0.3 is 0 Å². The largest absolute Gasteiger partial charge is 0.336 e. The van der Waals surface area contributed by atoms with Crippen LogP contribution < -0.4 is 0 Å². The highest BCUT2D eigenvalue weighted by Gasteiger charge is 2.20. The highest BCUT2D eigenvalue weighted by molar-refractivity contribution is 7.89. The maximum atomic E-state index is 12.0. The molecule has 0 spiro atoms. The van der Waals surface area contributed by atoms with E-state index in [1.165, 1.54) is 19.0 Å². The topological polar surface area (TPSA) is 83.5 Å². The summed E-state index contributed by atoms with van der Waals surface area (Å²) in [4.78, 5) is 13.5. The number of aromatic nitrogens is 2. The molecule has 1 heterocycles. The molecule has 0 unspecified atom stereocenters. The number of halogens is 1. The van der Waals surface area contributed by atoms with Gasteiger partial charge in [-0.1, -0.05) is 12.1 Å². The minimum Gasteiger partial charge on any atom is -0.336 e. The lowest BCUT2D eigenvalue weighted by molar-refractivity contribution is -0.128. The third kappa shape index (κ3) is 4.37. The van der Waals surface area contributed by atoms with Crippen LogP contribution in [0.3, 0.4) is 0 Å². The molecule has 0 aliphatic carbocycles. The van der Waals surface area contributed by atoms with E-state index in [0.29, 0.717) is 0 Å². The Labute approximate surface area is 144 Å². The van der Waals surface area contributed by atoms with Crippen LogP contribution in [0.2, 0.25) is 0 Å². The first-order valence-electron chi connectivity index (χ1n) is 6.79. The number of benzene rings is 1. The lowest BCUT2D eigenvalue weighted by atomic mass is 10.1. The molecule has 2 aromatic rings. The highest BCUT2D eigenvalue weighted by Crippen LogP contribution is 2.18. The molecular weight excluding hydrogens is 360 g/mol. The Bertz CT molecular complexity index is 791. The van der Waals surface area contributed by atoms with Crippen molar-refractivity contribution >= 4 is 50.3 Å². The van der Waals surface area contributed by atoms with E-state index in [0.717, 1.165) is 32.6 Å². The Balaban J connectivity index is 2.19. The van der Waals surface area contributed by atoms with Gasteiger partial charge in [0, 0.05) is 32.7 Å². The summed E-state index contributed by atoms with van der Waals surface area (Å²) in [5.74, 6) is -0.679. The average molecular weight is 377 g/mol. The zero-order valence-corrected chi connectivity index (χ0v) is 15.2. The van der Waals surface area contributed by atoms with E-state index < -0.39 is 10.0 Å². The van der Waals surface area contributed by atoms with Crippen molar-refractivity contribution in [2.45, 2.75) is 6.54 Å². The lowest BCUT2D eigenvalue weighted by Crippen LogP contribution is -2.38. The number of carbonyl (C=O) groups is 1. The maximum Gasteiger partial charge on any atom is 0.237 e. The zero-order chi connectivity index (χ0) is 17.0. The van der Waals surface area contributed by atoms with Crippen molar-refractivity contribution in [2.24, 2.45) is 0 Å². The Morgan fingerprint density at radius 2 is 2.04 bits per heavy atom. The van der Waals surface area contributed by atoms with Gasteiger partial charge in [0.25, 0.3) is 0 Å². The van der Waals surface area contributed by atoms with E-state index in [9.17, 15) is 13.2 Å². The van der Waals surface area contributed by atoms with Gasteiger partial charge < -0.3 is 4.90 Å². The van der Waals surface area contributed by atoms with Crippen LogP contribution in [0, 0.1) is 0 Å². The SMILES string of the molecule is CN(C)S(=O)(=O)CCN(Cc1cccc2nsnc12)C(=O)CCl. The Hall–Kier alpha value is -1.29. The summed E-state index contributed by atoms with van der Waals surface area (Å²) in [5.41, 5.74) is 2.30. The molecule has 0 saturated heterocycles. The van der Waals surface area contributed by atoms with Crippen molar-refractivity contribution in [3.05, 3.63) is 23.8 Å².